The van der Waals surface area contributed by atoms with E-state index in [2.05, 4.69) is 10.3 Å². The Hall–Kier alpha value is -2.46. The molecule has 118 valence electrons. The summed E-state index contributed by atoms with van der Waals surface area (Å²) in [6.07, 6.45) is 1.71. The first kappa shape index (κ1) is 15.4. The van der Waals surface area contributed by atoms with Gasteiger partial charge in [0.25, 0.3) is 0 Å². The lowest BCUT2D eigenvalue weighted by Gasteiger charge is -2.10. The van der Waals surface area contributed by atoms with Crippen molar-refractivity contribution in [2.75, 3.05) is 11.9 Å². The number of aromatic nitrogens is 1. The van der Waals surface area contributed by atoms with Crippen molar-refractivity contribution < 1.29 is 9.15 Å². The minimum atomic E-state index is 0.477. The molecule has 1 heterocycles. The molecule has 3 rings (SSSR count). The highest BCUT2D eigenvalue weighted by atomic mass is 35.5. The van der Waals surface area contributed by atoms with Crippen molar-refractivity contribution >= 4 is 17.3 Å². The van der Waals surface area contributed by atoms with E-state index in [1.165, 1.54) is 0 Å². The Labute approximate surface area is 140 Å². The van der Waals surface area contributed by atoms with Crippen LogP contribution in [0.3, 0.4) is 0 Å². The Morgan fingerprint density at radius 2 is 2.04 bits per heavy atom. The van der Waals surface area contributed by atoms with Gasteiger partial charge in [-0.25, -0.2) is 4.98 Å². The molecule has 0 atom stereocenters. The van der Waals surface area contributed by atoms with E-state index in [1.54, 1.807) is 6.20 Å². The van der Waals surface area contributed by atoms with E-state index in [4.69, 9.17) is 20.8 Å². The lowest BCUT2D eigenvalue weighted by atomic mass is 10.2. The summed E-state index contributed by atoms with van der Waals surface area (Å²) < 4.78 is 11.4. The number of halogens is 1. The zero-order valence-corrected chi connectivity index (χ0v) is 13.5. The second kappa shape index (κ2) is 7.20. The van der Waals surface area contributed by atoms with Crippen molar-refractivity contribution in [2.45, 2.75) is 13.5 Å². The molecule has 0 bridgehead atoms. The first-order chi connectivity index (χ1) is 11.3. The number of ether oxygens (including phenoxy) is 1. The molecule has 0 radical (unpaired) electrons. The highest BCUT2D eigenvalue weighted by Gasteiger charge is 2.08. The lowest BCUT2D eigenvalue weighted by molar-refractivity contribution is 0.341. The molecular weight excluding hydrogens is 312 g/mol. The SMILES string of the molecule is CCOc1ccccc1NCc1ncc(-c2cccc(Cl)c2)o1. The number of oxazole rings is 1. The first-order valence-corrected chi connectivity index (χ1v) is 7.80. The fourth-order valence-electron chi connectivity index (χ4n) is 2.23. The topological polar surface area (TPSA) is 47.3 Å². The molecule has 0 saturated heterocycles. The first-order valence-electron chi connectivity index (χ1n) is 7.42. The highest BCUT2D eigenvalue weighted by molar-refractivity contribution is 6.30. The van der Waals surface area contributed by atoms with E-state index in [-0.39, 0.29) is 0 Å². The van der Waals surface area contributed by atoms with E-state index in [0.29, 0.717) is 29.8 Å². The Balaban J connectivity index is 1.70. The van der Waals surface area contributed by atoms with Crippen molar-refractivity contribution in [1.82, 2.24) is 4.98 Å². The van der Waals surface area contributed by atoms with Crippen molar-refractivity contribution in [2.24, 2.45) is 0 Å². The number of nitrogens with one attached hydrogen (secondary N) is 1. The molecule has 0 saturated carbocycles. The summed E-state index contributed by atoms with van der Waals surface area (Å²) >= 11 is 6.00. The summed E-state index contributed by atoms with van der Waals surface area (Å²) in [5, 5.41) is 3.95. The maximum Gasteiger partial charge on any atom is 0.214 e. The molecule has 0 unspecified atom stereocenters. The van der Waals surface area contributed by atoms with Crippen LogP contribution >= 0.6 is 11.6 Å². The predicted octanol–water partition coefficient (Wildman–Crippen LogP) is 5.01. The van der Waals surface area contributed by atoms with Gasteiger partial charge in [-0.1, -0.05) is 35.9 Å². The normalized spacial score (nSPS) is 10.5. The van der Waals surface area contributed by atoms with Crippen LogP contribution in [0.5, 0.6) is 5.75 Å². The summed E-state index contributed by atoms with van der Waals surface area (Å²) in [6.45, 7) is 3.06. The molecular formula is C18H17ClN2O2. The van der Waals surface area contributed by atoms with Crippen LogP contribution in [0.4, 0.5) is 5.69 Å². The minimum Gasteiger partial charge on any atom is -0.492 e. The number of anilines is 1. The quantitative estimate of drug-likeness (QED) is 0.691. The second-order valence-electron chi connectivity index (χ2n) is 4.91. The molecule has 0 aliphatic rings. The van der Waals surface area contributed by atoms with Crippen LogP contribution < -0.4 is 10.1 Å². The Morgan fingerprint density at radius 1 is 1.17 bits per heavy atom. The third-order valence-electron chi connectivity index (χ3n) is 3.28. The molecule has 2 aromatic carbocycles. The van der Waals surface area contributed by atoms with Crippen LogP contribution in [0.15, 0.2) is 59.1 Å². The van der Waals surface area contributed by atoms with Crippen LogP contribution in [0.2, 0.25) is 5.02 Å². The molecule has 23 heavy (non-hydrogen) atoms. The molecule has 3 aromatic rings. The monoisotopic (exact) mass is 328 g/mol. The predicted molar refractivity (Wildman–Crippen MR) is 91.9 cm³/mol. The average Bonchev–Trinajstić information content (AvgIpc) is 3.03. The van der Waals surface area contributed by atoms with Crippen LogP contribution in [-0.2, 0) is 6.54 Å². The van der Waals surface area contributed by atoms with Gasteiger partial charge in [-0.05, 0) is 31.2 Å². The van der Waals surface area contributed by atoms with Gasteiger partial charge in [-0.2, -0.15) is 0 Å². The van der Waals surface area contributed by atoms with E-state index >= 15 is 0 Å². The van der Waals surface area contributed by atoms with E-state index in [0.717, 1.165) is 17.0 Å². The minimum absolute atomic E-state index is 0.477. The molecule has 4 nitrogen and oxygen atoms in total. The smallest absolute Gasteiger partial charge is 0.214 e. The van der Waals surface area contributed by atoms with Crippen LogP contribution in [-0.4, -0.2) is 11.6 Å². The lowest BCUT2D eigenvalue weighted by Crippen LogP contribution is -2.02. The Morgan fingerprint density at radius 3 is 2.87 bits per heavy atom. The highest BCUT2D eigenvalue weighted by Crippen LogP contribution is 2.26. The van der Waals surface area contributed by atoms with E-state index in [9.17, 15) is 0 Å². The van der Waals surface area contributed by atoms with Gasteiger partial charge in [0.05, 0.1) is 25.0 Å². The number of hydrogen-bond acceptors (Lipinski definition) is 4. The van der Waals surface area contributed by atoms with Gasteiger partial charge in [0.2, 0.25) is 5.89 Å². The van der Waals surface area contributed by atoms with Crippen LogP contribution in [0.1, 0.15) is 12.8 Å². The van der Waals surface area contributed by atoms with Gasteiger partial charge in [0, 0.05) is 10.6 Å². The van der Waals surface area contributed by atoms with Gasteiger partial charge < -0.3 is 14.5 Å². The molecule has 0 fully saturated rings. The number of benzene rings is 2. The fourth-order valence-corrected chi connectivity index (χ4v) is 2.42. The summed E-state index contributed by atoms with van der Waals surface area (Å²) in [7, 11) is 0. The number of rotatable bonds is 6. The van der Waals surface area contributed by atoms with E-state index < -0.39 is 0 Å². The molecule has 1 aromatic heterocycles. The zero-order valence-electron chi connectivity index (χ0n) is 12.8. The largest absolute Gasteiger partial charge is 0.492 e. The maximum atomic E-state index is 6.00. The summed E-state index contributed by atoms with van der Waals surface area (Å²) in [6, 6.07) is 15.3. The molecule has 0 spiro atoms. The third kappa shape index (κ3) is 3.85. The molecule has 0 aliphatic heterocycles. The molecule has 0 amide bonds. The van der Waals surface area contributed by atoms with Crippen LogP contribution in [0, 0.1) is 0 Å². The fraction of sp³-hybridized carbons (Fsp3) is 0.167. The molecule has 1 N–H and O–H groups in total. The van der Waals surface area contributed by atoms with Crippen molar-refractivity contribution in [1.29, 1.82) is 0 Å². The average molecular weight is 329 g/mol. The van der Waals surface area contributed by atoms with Crippen molar-refractivity contribution in [3.63, 3.8) is 0 Å². The number of para-hydroxylation sites is 2. The van der Waals surface area contributed by atoms with Gasteiger partial charge in [-0.3, -0.25) is 0 Å². The Bertz CT molecular complexity index is 786. The van der Waals surface area contributed by atoms with Gasteiger partial charge in [-0.15, -0.1) is 0 Å². The summed E-state index contributed by atoms with van der Waals surface area (Å²) in [4.78, 5) is 4.30. The Kier molecular flexibility index (Phi) is 4.83. The van der Waals surface area contributed by atoms with Crippen LogP contribution in [0.25, 0.3) is 11.3 Å². The molecule has 5 heteroatoms. The number of hydrogen-bond donors (Lipinski definition) is 1. The summed E-state index contributed by atoms with van der Waals surface area (Å²) in [5.41, 5.74) is 1.82. The van der Waals surface area contributed by atoms with Crippen molar-refractivity contribution in [3.8, 4) is 17.1 Å². The third-order valence-corrected chi connectivity index (χ3v) is 3.51. The standard InChI is InChI=1S/C18H17ClN2O2/c1-2-22-16-9-4-3-8-15(16)20-12-18-21-11-17(23-18)13-6-5-7-14(19)10-13/h3-11,20H,2,12H2,1H3. The number of nitrogens with zero attached hydrogens (tertiary/aromatic N) is 1. The zero-order chi connectivity index (χ0) is 16.1. The summed E-state index contributed by atoms with van der Waals surface area (Å²) in [5.74, 6) is 2.12. The van der Waals surface area contributed by atoms with Gasteiger partial charge in [0.1, 0.15) is 5.75 Å². The van der Waals surface area contributed by atoms with E-state index in [1.807, 2.05) is 55.5 Å². The maximum absolute atomic E-state index is 6.00. The molecule has 0 aliphatic carbocycles. The van der Waals surface area contributed by atoms with Gasteiger partial charge in [0.15, 0.2) is 5.76 Å². The second-order valence-corrected chi connectivity index (χ2v) is 5.35. The van der Waals surface area contributed by atoms with Crippen molar-refractivity contribution in [3.05, 3.63) is 65.6 Å². The van der Waals surface area contributed by atoms with Gasteiger partial charge >= 0.3 is 0 Å².